The van der Waals surface area contributed by atoms with E-state index in [-0.39, 0.29) is 0 Å². The molecule has 1 atom stereocenters. The Labute approximate surface area is 114 Å². The van der Waals surface area contributed by atoms with Gasteiger partial charge in [-0.05, 0) is 44.0 Å². The van der Waals surface area contributed by atoms with Crippen molar-refractivity contribution >= 4 is 11.0 Å². The molecule has 0 amide bonds. The van der Waals surface area contributed by atoms with Crippen molar-refractivity contribution in [2.45, 2.75) is 32.2 Å². The van der Waals surface area contributed by atoms with Crippen molar-refractivity contribution in [1.29, 1.82) is 0 Å². The Morgan fingerprint density at radius 3 is 3.16 bits per heavy atom. The lowest BCUT2D eigenvalue weighted by molar-refractivity contribution is 0.438. The van der Waals surface area contributed by atoms with E-state index < -0.39 is 0 Å². The van der Waals surface area contributed by atoms with Crippen molar-refractivity contribution in [2.75, 3.05) is 13.1 Å². The molecule has 0 bridgehead atoms. The molecule has 1 aliphatic heterocycles. The highest BCUT2D eigenvalue weighted by atomic mass is 15.1. The molecule has 98 valence electrons. The number of terminal acetylenes is 1. The number of nitrogens with zero attached hydrogens (tertiary/aromatic N) is 2. The highest BCUT2D eigenvalue weighted by Crippen LogP contribution is 2.27. The summed E-state index contributed by atoms with van der Waals surface area (Å²) in [6, 6.07) is 6.40. The van der Waals surface area contributed by atoms with Crippen LogP contribution in [0.15, 0.2) is 18.2 Å². The van der Waals surface area contributed by atoms with Gasteiger partial charge in [0.05, 0.1) is 17.6 Å². The number of imidazole rings is 1. The van der Waals surface area contributed by atoms with Crippen molar-refractivity contribution in [2.24, 2.45) is 0 Å². The van der Waals surface area contributed by atoms with Crippen LogP contribution in [0.4, 0.5) is 0 Å². The lowest BCUT2D eigenvalue weighted by atomic mass is 9.99. The zero-order chi connectivity index (χ0) is 13.2. The first-order chi connectivity index (χ1) is 9.29. The van der Waals surface area contributed by atoms with Crippen molar-refractivity contribution < 1.29 is 0 Å². The fourth-order valence-corrected chi connectivity index (χ4v) is 2.90. The number of hydrogen-bond donors (Lipinski definition) is 1. The molecule has 0 radical (unpaired) electrons. The van der Waals surface area contributed by atoms with Gasteiger partial charge in [0.15, 0.2) is 0 Å². The molecule has 2 aromatic rings. The number of aromatic nitrogens is 2. The quantitative estimate of drug-likeness (QED) is 0.833. The van der Waals surface area contributed by atoms with E-state index in [2.05, 4.69) is 40.9 Å². The van der Waals surface area contributed by atoms with Gasteiger partial charge >= 0.3 is 0 Å². The highest BCUT2D eigenvalue weighted by Gasteiger charge is 2.21. The van der Waals surface area contributed by atoms with Crippen LogP contribution in [0.25, 0.3) is 11.0 Å². The first-order valence-electron chi connectivity index (χ1n) is 6.90. The molecule has 1 aromatic carbocycles. The average Bonchev–Trinajstić information content (AvgIpc) is 2.78. The van der Waals surface area contributed by atoms with Crippen LogP contribution >= 0.6 is 0 Å². The zero-order valence-electron chi connectivity index (χ0n) is 11.3. The lowest BCUT2D eigenvalue weighted by Gasteiger charge is -2.22. The third-order valence-electron chi connectivity index (χ3n) is 3.84. The fourth-order valence-electron chi connectivity index (χ4n) is 2.90. The summed E-state index contributed by atoms with van der Waals surface area (Å²) in [5.74, 6) is 4.38. The normalized spacial score (nSPS) is 19.5. The third kappa shape index (κ3) is 2.24. The molecule has 1 aromatic heterocycles. The maximum absolute atomic E-state index is 5.52. The Hall–Kier alpha value is -1.79. The van der Waals surface area contributed by atoms with Gasteiger partial charge in [0, 0.05) is 12.5 Å². The fraction of sp³-hybridized carbons (Fsp3) is 0.438. The number of nitrogens with one attached hydrogen (secondary N) is 1. The van der Waals surface area contributed by atoms with Crippen molar-refractivity contribution in [3.8, 4) is 12.3 Å². The second kappa shape index (κ2) is 5.07. The molecule has 1 fully saturated rings. The molecule has 0 aliphatic carbocycles. The summed E-state index contributed by atoms with van der Waals surface area (Å²) >= 11 is 0. The third-order valence-corrected chi connectivity index (χ3v) is 3.84. The number of aryl methyl sites for hydroxylation is 1. The maximum Gasteiger partial charge on any atom is 0.115 e. The molecule has 1 N–H and O–H groups in total. The first kappa shape index (κ1) is 12.3. The Bertz CT molecular complexity index is 627. The van der Waals surface area contributed by atoms with E-state index in [4.69, 9.17) is 11.4 Å². The van der Waals surface area contributed by atoms with Gasteiger partial charge in [-0.15, -0.1) is 6.42 Å². The summed E-state index contributed by atoms with van der Waals surface area (Å²) in [4.78, 5) is 4.84. The van der Waals surface area contributed by atoms with Gasteiger partial charge in [0.25, 0.3) is 0 Å². The monoisotopic (exact) mass is 253 g/mol. The largest absolute Gasteiger partial charge is 0.316 e. The molecule has 3 nitrogen and oxygen atoms in total. The van der Waals surface area contributed by atoms with E-state index in [0.717, 1.165) is 29.9 Å². The molecule has 1 aliphatic rings. The van der Waals surface area contributed by atoms with Crippen LogP contribution in [0.1, 0.15) is 30.1 Å². The molecule has 1 unspecified atom stereocenters. The van der Waals surface area contributed by atoms with E-state index in [1.165, 1.54) is 18.4 Å². The van der Waals surface area contributed by atoms with Gasteiger partial charge in [-0.25, -0.2) is 4.98 Å². The minimum Gasteiger partial charge on any atom is -0.316 e. The maximum atomic E-state index is 5.52. The Morgan fingerprint density at radius 1 is 1.53 bits per heavy atom. The number of benzene rings is 1. The minimum atomic E-state index is 0.481. The molecular weight excluding hydrogens is 234 g/mol. The number of hydrogen-bond acceptors (Lipinski definition) is 2. The van der Waals surface area contributed by atoms with E-state index in [1.54, 1.807) is 0 Å². The minimum absolute atomic E-state index is 0.481. The predicted octanol–water partition coefficient (Wildman–Crippen LogP) is 2.44. The van der Waals surface area contributed by atoms with Crippen molar-refractivity contribution in [3.63, 3.8) is 0 Å². The summed E-state index contributed by atoms with van der Waals surface area (Å²) in [6.07, 6.45) is 7.93. The van der Waals surface area contributed by atoms with Crippen LogP contribution in [0.3, 0.4) is 0 Å². The second-order valence-electron chi connectivity index (χ2n) is 5.30. The molecule has 1 saturated heterocycles. The van der Waals surface area contributed by atoms with Gasteiger partial charge in [-0.1, -0.05) is 12.0 Å². The van der Waals surface area contributed by atoms with Crippen LogP contribution in [-0.2, 0) is 6.54 Å². The lowest BCUT2D eigenvalue weighted by Crippen LogP contribution is -2.30. The van der Waals surface area contributed by atoms with E-state index in [1.807, 2.05) is 0 Å². The SMILES string of the molecule is C#CCn1c(C2CCCNC2)nc2cc(C)ccc21. The molecule has 2 heterocycles. The van der Waals surface area contributed by atoms with E-state index in [9.17, 15) is 0 Å². The van der Waals surface area contributed by atoms with Crippen LogP contribution in [0, 0.1) is 19.3 Å². The molecular formula is C16H19N3. The topological polar surface area (TPSA) is 29.9 Å². The summed E-state index contributed by atoms with van der Waals surface area (Å²) in [5, 5.41) is 3.45. The first-order valence-corrected chi connectivity index (χ1v) is 6.90. The molecule has 3 rings (SSSR count). The van der Waals surface area contributed by atoms with Gasteiger partial charge in [-0.3, -0.25) is 0 Å². The van der Waals surface area contributed by atoms with Crippen LogP contribution in [0.5, 0.6) is 0 Å². The second-order valence-corrected chi connectivity index (χ2v) is 5.30. The van der Waals surface area contributed by atoms with E-state index in [0.29, 0.717) is 12.5 Å². The standard InChI is InChI=1S/C16H19N3/c1-3-9-19-15-7-6-12(2)10-14(15)18-16(19)13-5-4-8-17-11-13/h1,6-7,10,13,17H,4-5,8-9,11H2,2H3. The Kier molecular flexibility index (Phi) is 3.27. The molecule has 3 heteroatoms. The van der Waals surface area contributed by atoms with Gasteiger partial charge in [-0.2, -0.15) is 0 Å². The summed E-state index contributed by atoms with van der Waals surface area (Å²) in [5.41, 5.74) is 3.46. The number of rotatable bonds is 2. The molecule has 0 spiro atoms. The average molecular weight is 253 g/mol. The van der Waals surface area contributed by atoms with Crippen molar-refractivity contribution in [3.05, 3.63) is 29.6 Å². The van der Waals surface area contributed by atoms with Gasteiger partial charge in [0.1, 0.15) is 5.82 Å². The van der Waals surface area contributed by atoms with Gasteiger partial charge in [0.2, 0.25) is 0 Å². The summed E-state index contributed by atoms with van der Waals surface area (Å²) in [7, 11) is 0. The summed E-state index contributed by atoms with van der Waals surface area (Å²) in [6.45, 7) is 4.82. The van der Waals surface area contributed by atoms with Crippen LogP contribution in [-0.4, -0.2) is 22.6 Å². The van der Waals surface area contributed by atoms with Gasteiger partial charge < -0.3 is 9.88 Å². The number of piperidine rings is 1. The van der Waals surface area contributed by atoms with Crippen molar-refractivity contribution in [1.82, 2.24) is 14.9 Å². The highest BCUT2D eigenvalue weighted by molar-refractivity contribution is 5.77. The summed E-state index contributed by atoms with van der Waals surface area (Å²) < 4.78 is 2.20. The zero-order valence-corrected chi connectivity index (χ0v) is 11.3. The molecule has 0 saturated carbocycles. The smallest absolute Gasteiger partial charge is 0.115 e. The number of fused-ring (bicyclic) bond motifs is 1. The van der Waals surface area contributed by atoms with E-state index >= 15 is 0 Å². The van der Waals surface area contributed by atoms with Crippen LogP contribution < -0.4 is 5.32 Å². The Morgan fingerprint density at radius 2 is 2.42 bits per heavy atom. The predicted molar refractivity (Wildman–Crippen MR) is 78.1 cm³/mol. The Balaban J connectivity index is 2.11. The molecule has 19 heavy (non-hydrogen) atoms. The van der Waals surface area contributed by atoms with Crippen LogP contribution in [0.2, 0.25) is 0 Å².